The lowest BCUT2D eigenvalue weighted by molar-refractivity contribution is -0.117. The summed E-state index contributed by atoms with van der Waals surface area (Å²) < 4.78 is 22.2. The zero-order valence-electron chi connectivity index (χ0n) is 12.2. The molecule has 2 aromatic rings. The van der Waals surface area contributed by atoms with Crippen molar-refractivity contribution in [2.75, 3.05) is 17.3 Å². The Morgan fingerprint density at radius 2 is 2.09 bits per heavy atom. The number of benzene rings is 1. The fourth-order valence-electron chi connectivity index (χ4n) is 1.90. The van der Waals surface area contributed by atoms with Crippen LogP contribution >= 0.6 is 11.3 Å². The summed E-state index contributed by atoms with van der Waals surface area (Å²) in [5, 5.41) is 4.71. The van der Waals surface area contributed by atoms with Crippen LogP contribution in [0.4, 0.5) is 5.69 Å². The second-order valence-electron chi connectivity index (χ2n) is 5.07. The molecule has 0 fully saturated rings. The molecule has 5 nitrogen and oxygen atoms in total. The topological polar surface area (TPSA) is 89.3 Å². The molecular formula is C15H18N2O3S2. The van der Waals surface area contributed by atoms with E-state index < -0.39 is 15.9 Å². The van der Waals surface area contributed by atoms with Gasteiger partial charge in [-0.2, -0.15) is 0 Å². The summed E-state index contributed by atoms with van der Waals surface area (Å²) in [4.78, 5) is 13.1. The molecular weight excluding hydrogens is 320 g/mol. The van der Waals surface area contributed by atoms with E-state index in [2.05, 4.69) is 5.32 Å². The zero-order chi connectivity index (χ0) is 16.2. The van der Waals surface area contributed by atoms with Gasteiger partial charge in [0.15, 0.2) is 0 Å². The Balaban J connectivity index is 2.01. The monoisotopic (exact) mass is 338 g/mol. The summed E-state index contributed by atoms with van der Waals surface area (Å²) in [6.07, 6.45) is 1.23. The minimum absolute atomic E-state index is 0.100. The van der Waals surface area contributed by atoms with Crippen LogP contribution in [0.15, 0.2) is 41.8 Å². The molecule has 0 radical (unpaired) electrons. The first-order valence-corrected chi connectivity index (χ1v) is 9.67. The van der Waals surface area contributed by atoms with Gasteiger partial charge in [0.1, 0.15) is 9.84 Å². The molecule has 7 heteroatoms. The second kappa shape index (κ2) is 7.04. The fraction of sp³-hybridized carbons (Fsp3) is 0.267. The maximum Gasteiger partial charge on any atom is 0.241 e. The number of hydrogen-bond acceptors (Lipinski definition) is 5. The van der Waals surface area contributed by atoms with Crippen molar-refractivity contribution < 1.29 is 13.2 Å². The third-order valence-electron chi connectivity index (χ3n) is 3.07. The van der Waals surface area contributed by atoms with Crippen molar-refractivity contribution >= 4 is 32.8 Å². The first kappa shape index (κ1) is 16.7. The van der Waals surface area contributed by atoms with Gasteiger partial charge in [-0.3, -0.25) is 4.79 Å². The molecule has 1 aromatic heterocycles. The molecule has 3 N–H and O–H groups in total. The maximum atomic E-state index is 12.0. The third kappa shape index (κ3) is 4.94. The minimum Gasteiger partial charge on any atom is -0.325 e. The van der Waals surface area contributed by atoms with Crippen molar-refractivity contribution in [3.8, 4) is 10.4 Å². The number of rotatable bonds is 6. The Hall–Kier alpha value is -1.70. The van der Waals surface area contributed by atoms with Crippen molar-refractivity contribution in [2.45, 2.75) is 12.5 Å². The fourth-order valence-corrected chi connectivity index (χ4v) is 3.31. The van der Waals surface area contributed by atoms with E-state index in [9.17, 15) is 13.2 Å². The van der Waals surface area contributed by atoms with Crippen LogP contribution in [0.3, 0.4) is 0 Å². The Morgan fingerprint density at radius 1 is 1.32 bits per heavy atom. The molecule has 0 saturated carbocycles. The molecule has 118 valence electrons. The molecule has 0 aliphatic carbocycles. The molecule has 0 aliphatic heterocycles. The van der Waals surface area contributed by atoms with E-state index >= 15 is 0 Å². The Bertz CT molecular complexity index is 740. The first-order valence-electron chi connectivity index (χ1n) is 6.73. The molecule has 22 heavy (non-hydrogen) atoms. The Morgan fingerprint density at radius 3 is 2.73 bits per heavy atom. The number of thiophene rings is 1. The van der Waals surface area contributed by atoms with E-state index in [4.69, 9.17) is 5.73 Å². The molecule has 1 amide bonds. The average Bonchev–Trinajstić information content (AvgIpc) is 2.98. The van der Waals surface area contributed by atoms with Crippen LogP contribution in [0.2, 0.25) is 0 Å². The summed E-state index contributed by atoms with van der Waals surface area (Å²) in [6.45, 7) is 0. The molecule has 0 saturated heterocycles. The largest absolute Gasteiger partial charge is 0.325 e. The van der Waals surface area contributed by atoms with Gasteiger partial charge in [-0.05, 0) is 35.6 Å². The molecule has 0 bridgehead atoms. The van der Waals surface area contributed by atoms with Gasteiger partial charge >= 0.3 is 0 Å². The Labute approximate surface area is 134 Å². The van der Waals surface area contributed by atoms with Gasteiger partial charge < -0.3 is 11.1 Å². The van der Waals surface area contributed by atoms with E-state index in [0.29, 0.717) is 5.69 Å². The molecule has 1 aromatic carbocycles. The van der Waals surface area contributed by atoms with Crippen LogP contribution in [-0.4, -0.2) is 32.4 Å². The predicted molar refractivity (Wildman–Crippen MR) is 90.7 cm³/mol. The highest BCUT2D eigenvalue weighted by Gasteiger charge is 2.16. The van der Waals surface area contributed by atoms with Crippen LogP contribution in [0.5, 0.6) is 0 Å². The number of nitrogens with one attached hydrogen (secondary N) is 1. The van der Waals surface area contributed by atoms with Gasteiger partial charge in [0.05, 0.1) is 11.8 Å². The van der Waals surface area contributed by atoms with Crippen LogP contribution < -0.4 is 11.1 Å². The number of hydrogen-bond donors (Lipinski definition) is 2. The number of carbonyl (C=O) groups excluding carboxylic acids is 1. The van der Waals surface area contributed by atoms with Crippen LogP contribution in [0.25, 0.3) is 10.4 Å². The number of sulfone groups is 1. The van der Waals surface area contributed by atoms with E-state index in [0.717, 1.165) is 16.7 Å². The summed E-state index contributed by atoms with van der Waals surface area (Å²) in [5.74, 6) is -0.483. The SMILES string of the molecule is CS(=O)(=O)CCC(N)C(=O)Nc1cccc(-c2cccs2)c1. The lowest BCUT2D eigenvalue weighted by atomic mass is 10.1. The standard InChI is InChI=1S/C15H18N2O3S2/c1-22(19,20)9-7-13(16)15(18)17-12-5-2-4-11(10-12)14-6-3-8-21-14/h2-6,8,10,13H,7,9,16H2,1H3,(H,17,18). The molecule has 1 unspecified atom stereocenters. The number of anilines is 1. The smallest absolute Gasteiger partial charge is 0.241 e. The van der Waals surface area contributed by atoms with Gasteiger partial charge in [-0.15, -0.1) is 11.3 Å². The average molecular weight is 338 g/mol. The van der Waals surface area contributed by atoms with E-state index in [1.54, 1.807) is 17.4 Å². The zero-order valence-corrected chi connectivity index (χ0v) is 13.8. The van der Waals surface area contributed by atoms with Gasteiger partial charge in [-0.1, -0.05) is 18.2 Å². The van der Waals surface area contributed by atoms with Gasteiger partial charge in [0.25, 0.3) is 0 Å². The van der Waals surface area contributed by atoms with Gasteiger partial charge in [0, 0.05) is 16.8 Å². The minimum atomic E-state index is -3.12. The molecule has 1 atom stereocenters. The van der Waals surface area contributed by atoms with Crippen molar-refractivity contribution in [3.05, 3.63) is 41.8 Å². The van der Waals surface area contributed by atoms with Crippen LogP contribution in [0.1, 0.15) is 6.42 Å². The third-order valence-corrected chi connectivity index (χ3v) is 4.97. The lowest BCUT2D eigenvalue weighted by Crippen LogP contribution is -2.37. The van der Waals surface area contributed by atoms with Crippen LogP contribution in [-0.2, 0) is 14.6 Å². The highest BCUT2D eigenvalue weighted by molar-refractivity contribution is 7.90. The summed E-state index contributed by atoms with van der Waals surface area (Å²) in [6, 6.07) is 10.6. The number of amides is 1. The first-order chi connectivity index (χ1) is 10.3. The van der Waals surface area contributed by atoms with E-state index in [1.807, 2.05) is 35.7 Å². The van der Waals surface area contributed by atoms with Crippen molar-refractivity contribution in [1.29, 1.82) is 0 Å². The summed E-state index contributed by atoms with van der Waals surface area (Å²) in [7, 11) is -3.12. The highest BCUT2D eigenvalue weighted by Crippen LogP contribution is 2.26. The maximum absolute atomic E-state index is 12.0. The summed E-state index contributed by atoms with van der Waals surface area (Å²) >= 11 is 1.62. The van der Waals surface area contributed by atoms with Gasteiger partial charge in [0.2, 0.25) is 5.91 Å². The lowest BCUT2D eigenvalue weighted by Gasteiger charge is -2.12. The molecule has 2 rings (SSSR count). The quantitative estimate of drug-likeness (QED) is 0.844. The predicted octanol–water partition coefficient (Wildman–Crippen LogP) is 2.12. The second-order valence-corrected chi connectivity index (χ2v) is 8.28. The highest BCUT2D eigenvalue weighted by atomic mass is 32.2. The van der Waals surface area contributed by atoms with Crippen LogP contribution in [0, 0.1) is 0 Å². The summed E-state index contributed by atoms with van der Waals surface area (Å²) in [5.41, 5.74) is 7.39. The molecule has 0 aliphatic rings. The number of carbonyl (C=O) groups is 1. The number of nitrogens with two attached hydrogens (primary N) is 1. The Kier molecular flexibility index (Phi) is 5.33. The molecule has 0 spiro atoms. The van der Waals surface area contributed by atoms with E-state index in [-0.39, 0.29) is 18.1 Å². The van der Waals surface area contributed by atoms with Crippen molar-refractivity contribution in [1.82, 2.24) is 0 Å². The normalized spacial score (nSPS) is 12.8. The van der Waals surface area contributed by atoms with Gasteiger partial charge in [-0.25, -0.2) is 8.42 Å². The van der Waals surface area contributed by atoms with E-state index in [1.165, 1.54) is 0 Å². The van der Waals surface area contributed by atoms with Crippen molar-refractivity contribution in [3.63, 3.8) is 0 Å². The van der Waals surface area contributed by atoms with Crippen molar-refractivity contribution in [2.24, 2.45) is 5.73 Å². The molecule has 1 heterocycles.